The molecule has 108 valence electrons. The Labute approximate surface area is 122 Å². The maximum absolute atomic E-state index is 12.8. The summed E-state index contributed by atoms with van der Waals surface area (Å²) in [6.45, 7) is 3.84. The smallest absolute Gasteiger partial charge is 0.123 e. The van der Waals surface area contributed by atoms with E-state index in [-0.39, 0.29) is 12.4 Å². The topological polar surface area (TPSA) is 68.9 Å². The number of anilines is 1. The van der Waals surface area contributed by atoms with E-state index in [1.807, 2.05) is 6.92 Å². The van der Waals surface area contributed by atoms with Crippen LogP contribution >= 0.6 is 0 Å². The highest BCUT2D eigenvalue weighted by atomic mass is 19.1. The molecule has 0 saturated heterocycles. The molecule has 21 heavy (non-hydrogen) atoms. The number of hydrogen-bond donors (Lipinski definition) is 2. The first kappa shape index (κ1) is 14.9. The third-order valence-electron chi connectivity index (χ3n) is 3.18. The largest absolute Gasteiger partial charge is 0.387 e. The first-order chi connectivity index (χ1) is 10.0. The third kappa shape index (κ3) is 3.56. The van der Waals surface area contributed by atoms with Crippen LogP contribution in [0.25, 0.3) is 0 Å². The summed E-state index contributed by atoms with van der Waals surface area (Å²) in [5.74, 6) is -0.342. The lowest BCUT2D eigenvalue weighted by molar-refractivity contribution is 0.191. The molecular weight excluding hydrogens is 269 g/mol. The van der Waals surface area contributed by atoms with Crippen molar-refractivity contribution in [2.45, 2.75) is 20.0 Å². The molecule has 1 aromatic carbocycles. The molecular formula is C16H16FN3O. The molecule has 0 fully saturated rings. The normalized spacial score (nSPS) is 11.8. The van der Waals surface area contributed by atoms with Crippen molar-refractivity contribution in [3.63, 3.8) is 0 Å². The van der Waals surface area contributed by atoms with Gasteiger partial charge < -0.3 is 10.4 Å². The van der Waals surface area contributed by atoms with Gasteiger partial charge in [0.15, 0.2) is 0 Å². The van der Waals surface area contributed by atoms with Crippen molar-refractivity contribution >= 4 is 5.69 Å². The Bertz CT molecular complexity index is 677. The summed E-state index contributed by atoms with van der Waals surface area (Å²) < 4.78 is 12.8. The lowest BCUT2D eigenvalue weighted by Gasteiger charge is -2.15. The number of aryl methyl sites for hydroxylation is 2. The first-order valence-corrected chi connectivity index (χ1v) is 6.57. The Hall–Kier alpha value is -2.45. The minimum atomic E-state index is -0.786. The van der Waals surface area contributed by atoms with Gasteiger partial charge in [-0.25, -0.2) is 4.39 Å². The number of aliphatic hydroxyl groups excluding tert-OH is 1. The van der Waals surface area contributed by atoms with Crippen molar-refractivity contribution in [1.29, 1.82) is 5.26 Å². The predicted molar refractivity (Wildman–Crippen MR) is 78.3 cm³/mol. The summed E-state index contributed by atoms with van der Waals surface area (Å²) in [6, 6.07) is 9.56. The molecule has 0 aliphatic heterocycles. The van der Waals surface area contributed by atoms with Crippen LogP contribution in [0.5, 0.6) is 0 Å². The van der Waals surface area contributed by atoms with Gasteiger partial charge in [0.25, 0.3) is 0 Å². The van der Waals surface area contributed by atoms with Crippen LogP contribution in [0.3, 0.4) is 0 Å². The maximum Gasteiger partial charge on any atom is 0.123 e. The van der Waals surface area contributed by atoms with Gasteiger partial charge in [-0.1, -0.05) is 12.1 Å². The number of aromatic nitrogens is 1. The van der Waals surface area contributed by atoms with E-state index in [1.165, 1.54) is 24.3 Å². The van der Waals surface area contributed by atoms with Crippen molar-refractivity contribution in [3.05, 3.63) is 58.7 Å². The molecule has 2 N–H and O–H groups in total. The van der Waals surface area contributed by atoms with Gasteiger partial charge in [-0.05, 0) is 37.6 Å². The molecule has 5 heteroatoms. The Morgan fingerprint density at radius 3 is 2.62 bits per heavy atom. The number of hydrogen-bond acceptors (Lipinski definition) is 4. The number of benzene rings is 1. The number of rotatable bonds is 4. The fraction of sp³-hybridized carbons (Fsp3) is 0.250. The molecule has 0 radical (unpaired) electrons. The number of aliphatic hydroxyl groups is 1. The quantitative estimate of drug-likeness (QED) is 0.906. The van der Waals surface area contributed by atoms with Gasteiger partial charge in [-0.15, -0.1) is 0 Å². The zero-order chi connectivity index (χ0) is 15.4. The molecule has 0 saturated carbocycles. The average Bonchev–Trinajstić information content (AvgIpc) is 2.45. The maximum atomic E-state index is 12.8. The van der Waals surface area contributed by atoms with E-state index in [1.54, 1.807) is 13.0 Å². The molecule has 2 aromatic rings. The summed E-state index contributed by atoms with van der Waals surface area (Å²) in [5.41, 5.74) is 3.17. The third-order valence-corrected chi connectivity index (χ3v) is 3.18. The standard InChI is InChI=1S/C16H16FN3O/c1-10-7-15(14(8-18)11(2)20-10)19-9-16(21)12-3-5-13(17)6-4-12/h3-7,16,21H,9H2,1-2H3,(H,19,20). The van der Waals surface area contributed by atoms with Crippen molar-refractivity contribution in [2.75, 3.05) is 11.9 Å². The fourth-order valence-electron chi connectivity index (χ4n) is 2.12. The van der Waals surface area contributed by atoms with Crippen molar-refractivity contribution in [2.24, 2.45) is 0 Å². The summed E-state index contributed by atoms with van der Waals surface area (Å²) >= 11 is 0. The minimum Gasteiger partial charge on any atom is -0.387 e. The molecule has 1 aromatic heterocycles. The van der Waals surface area contributed by atoms with Gasteiger partial charge in [0.05, 0.1) is 23.0 Å². The van der Waals surface area contributed by atoms with Crippen LogP contribution in [-0.2, 0) is 0 Å². The van der Waals surface area contributed by atoms with Crippen molar-refractivity contribution < 1.29 is 9.50 Å². The van der Waals surface area contributed by atoms with Gasteiger partial charge in [-0.2, -0.15) is 5.26 Å². The van der Waals surface area contributed by atoms with Crippen LogP contribution in [0.4, 0.5) is 10.1 Å². The van der Waals surface area contributed by atoms with Crippen LogP contribution in [-0.4, -0.2) is 16.6 Å². The van der Waals surface area contributed by atoms with Gasteiger partial charge in [-0.3, -0.25) is 4.98 Å². The molecule has 0 bridgehead atoms. The van der Waals surface area contributed by atoms with Crippen LogP contribution in [0.15, 0.2) is 30.3 Å². The number of nitriles is 1. The zero-order valence-electron chi connectivity index (χ0n) is 11.9. The van der Waals surface area contributed by atoms with Gasteiger partial charge >= 0.3 is 0 Å². The minimum absolute atomic E-state index is 0.225. The van der Waals surface area contributed by atoms with Gasteiger partial charge in [0, 0.05) is 12.2 Å². The van der Waals surface area contributed by atoms with Crippen LogP contribution < -0.4 is 5.32 Å². The number of pyridine rings is 1. The van der Waals surface area contributed by atoms with Gasteiger partial charge in [0.2, 0.25) is 0 Å². The SMILES string of the molecule is Cc1cc(NCC(O)c2ccc(F)cc2)c(C#N)c(C)n1. The van der Waals surface area contributed by atoms with Crippen molar-refractivity contribution in [3.8, 4) is 6.07 Å². The van der Waals surface area contributed by atoms with Crippen molar-refractivity contribution in [1.82, 2.24) is 4.98 Å². The number of halogens is 1. The van der Waals surface area contributed by atoms with E-state index >= 15 is 0 Å². The van der Waals surface area contributed by atoms with Crippen LogP contribution in [0.2, 0.25) is 0 Å². The zero-order valence-corrected chi connectivity index (χ0v) is 11.9. The predicted octanol–water partition coefficient (Wildman–Crippen LogP) is 2.85. The Morgan fingerprint density at radius 1 is 1.33 bits per heavy atom. The molecule has 0 spiro atoms. The Morgan fingerprint density at radius 2 is 2.00 bits per heavy atom. The molecule has 2 rings (SSSR count). The van der Waals surface area contributed by atoms with E-state index in [2.05, 4.69) is 16.4 Å². The van der Waals surface area contributed by atoms with E-state index in [9.17, 15) is 9.50 Å². The molecule has 4 nitrogen and oxygen atoms in total. The first-order valence-electron chi connectivity index (χ1n) is 6.57. The Kier molecular flexibility index (Phi) is 4.51. The summed E-state index contributed by atoms with van der Waals surface area (Å²) in [7, 11) is 0. The summed E-state index contributed by atoms with van der Waals surface area (Å²) in [6.07, 6.45) is -0.786. The second-order valence-electron chi connectivity index (χ2n) is 4.83. The van der Waals surface area contributed by atoms with E-state index < -0.39 is 6.10 Å². The second-order valence-corrected chi connectivity index (χ2v) is 4.83. The lowest BCUT2D eigenvalue weighted by Crippen LogP contribution is -2.13. The van der Waals surface area contributed by atoms with Crippen LogP contribution in [0.1, 0.15) is 28.6 Å². The van der Waals surface area contributed by atoms with Gasteiger partial charge in [0.1, 0.15) is 11.9 Å². The molecule has 0 aliphatic rings. The van der Waals surface area contributed by atoms with E-state index in [0.29, 0.717) is 22.5 Å². The Balaban J connectivity index is 2.13. The highest BCUT2D eigenvalue weighted by Gasteiger charge is 2.11. The second kappa shape index (κ2) is 6.33. The molecule has 1 heterocycles. The van der Waals surface area contributed by atoms with E-state index in [0.717, 1.165) is 5.69 Å². The molecule has 1 atom stereocenters. The van der Waals surface area contributed by atoms with E-state index in [4.69, 9.17) is 5.26 Å². The molecule has 0 aliphatic carbocycles. The average molecular weight is 285 g/mol. The molecule has 1 unspecified atom stereocenters. The summed E-state index contributed by atoms with van der Waals surface area (Å²) in [4.78, 5) is 4.23. The highest BCUT2D eigenvalue weighted by Crippen LogP contribution is 2.20. The highest BCUT2D eigenvalue weighted by molar-refractivity contribution is 5.59. The number of nitrogens with zero attached hydrogens (tertiary/aromatic N) is 2. The monoisotopic (exact) mass is 285 g/mol. The lowest BCUT2D eigenvalue weighted by atomic mass is 10.1. The number of nitrogens with one attached hydrogen (secondary N) is 1. The molecule has 0 amide bonds. The fourth-order valence-corrected chi connectivity index (χ4v) is 2.12. The van der Waals surface area contributed by atoms with Crippen LogP contribution in [0, 0.1) is 31.0 Å². The summed E-state index contributed by atoms with van der Waals surface area (Å²) in [5, 5.41) is 22.3.